The van der Waals surface area contributed by atoms with Crippen LogP contribution < -0.4 is 0 Å². The Hall–Kier alpha value is 0.310. The molecule has 1 aliphatic carbocycles. The van der Waals surface area contributed by atoms with E-state index in [1.54, 1.807) is 0 Å². The highest BCUT2D eigenvalue weighted by molar-refractivity contribution is 7.80. The normalized spacial score (nSPS) is 28.1. The fourth-order valence-corrected chi connectivity index (χ4v) is 3.25. The van der Waals surface area contributed by atoms with Gasteiger partial charge in [-0.25, -0.2) is 0 Å². The quantitative estimate of drug-likeness (QED) is 0.711. The summed E-state index contributed by atoms with van der Waals surface area (Å²) in [5.41, 5.74) is 0.306. The monoisotopic (exact) mass is 258 g/mol. The van der Waals surface area contributed by atoms with Crippen LogP contribution in [0.25, 0.3) is 0 Å². The van der Waals surface area contributed by atoms with E-state index in [0.717, 1.165) is 18.3 Å². The van der Waals surface area contributed by atoms with Crippen molar-refractivity contribution in [2.75, 3.05) is 12.4 Å². The van der Waals surface area contributed by atoms with Crippen molar-refractivity contribution in [3.05, 3.63) is 0 Å². The molecule has 2 heteroatoms. The molecule has 0 spiro atoms. The maximum absolute atomic E-state index is 6.15. The Morgan fingerprint density at radius 2 is 2.00 bits per heavy atom. The SMILES string of the molecule is CCC1CCCC(OCC(CS)C(C)(C)C)C1. The summed E-state index contributed by atoms with van der Waals surface area (Å²) in [5, 5.41) is 0. The number of hydrogen-bond donors (Lipinski definition) is 1. The predicted molar refractivity (Wildman–Crippen MR) is 78.8 cm³/mol. The highest BCUT2D eigenvalue weighted by Crippen LogP contribution is 2.31. The number of hydrogen-bond acceptors (Lipinski definition) is 2. The fraction of sp³-hybridized carbons (Fsp3) is 1.00. The van der Waals surface area contributed by atoms with Crippen molar-refractivity contribution in [2.45, 2.75) is 65.9 Å². The molecule has 0 aromatic carbocycles. The van der Waals surface area contributed by atoms with Gasteiger partial charge in [0.15, 0.2) is 0 Å². The first-order valence-electron chi connectivity index (χ1n) is 7.19. The van der Waals surface area contributed by atoms with E-state index in [1.807, 2.05) is 0 Å². The van der Waals surface area contributed by atoms with Crippen LogP contribution in [-0.4, -0.2) is 18.5 Å². The fourth-order valence-electron chi connectivity index (χ4n) is 2.59. The van der Waals surface area contributed by atoms with Crippen LogP contribution in [-0.2, 0) is 4.74 Å². The Kier molecular flexibility index (Phi) is 6.36. The Labute approximate surface area is 113 Å². The van der Waals surface area contributed by atoms with E-state index in [1.165, 1.54) is 32.1 Å². The third kappa shape index (κ3) is 5.21. The Balaban J connectivity index is 2.34. The van der Waals surface area contributed by atoms with Crippen molar-refractivity contribution in [1.29, 1.82) is 0 Å². The molecule has 1 saturated carbocycles. The van der Waals surface area contributed by atoms with Crippen molar-refractivity contribution >= 4 is 12.6 Å². The van der Waals surface area contributed by atoms with Crippen molar-refractivity contribution in [2.24, 2.45) is 17.3 Å². The van der Waals surface area contributed by atoms with Crippen LogP contribution in [0.15, 0.2) is 0 Å². The Morgan fingerprint density at radius 3 is 2.53 bits per heavy atom. The molecule has 0 N–H and O–H groups in total. The van der Waals surface area contributed by atoms with E-state index >= 15 is 0 Å². The second kappa shape index (κ2) is 7.04. The average molecular weight is 258 g/mol. The van der Waals surface area contributed by atoms with E-state index < -0.39 is 0 Å². The first-order valence-corrected chi connectivity index (χ1v) is 7.83. The first kappa shape index (κ1) is 15.4. The minimum absolute atomic E-state index is 0.306. The average Bonchev–Trinajstić information content (AvgIpc) is 2.28. The molecular weight excluding hydrogens is 228 g/mol. The molecule has 1 rings (SSSR count). The molecule has 1 nitrogen and oxygen atoms in total. The van der Waals surface area contributed by atoms with Gasteiger partial charge in [-0.3, -0.25) is 0 Å². The van der Waals surface area contributed by atoms with Gasteiger partial charge < -0.3 is 4.74 Å². The van der Waals surface area contributed by atoms with E-state index in [9.17, 15) is 0 Å². The van der Waals surface area contributed by atoms with Gasteiger partial charge in [0.2, 0.25) is 0 Å². The van der Waals surface area contributed by atoms with Crippen LogP contribution in [0.1, 0.15) is 59.8 Å². The molecule has 0 aromatic rings. The third-order valence-corrected chi connectivity index (χ3v) is 4.73. The summed E-state index contributed by atoms with van der Waals surface area (Å²) in [6, 6.07) is 0. The summed E-state index contributed by atoms with van der Waals surface area (Å²) in [7, 11) is 0. The van der Waals surface area contributed by atoms with Crippen molar-refractivity contribution < 1.29 is 4.74 Å². The maximum atomic E-state index is 6.15. The van der Waals surface area contributed by atoms with Gasteiger partial charge in [-0.05, 0) is 35.8 Å². The molecule has 0 heterocycles. The lowest BCUT2D eigenvalue weighted by Crippen LogP contribution is -2.31. The van der Waals surface area contributed by atoms with E-state index in [4.69, 9.17) is 4.74 Å². The number of ether oxygens (including phenoxy) is 1. The van der Waals surface area contributed by atoms with Gasteiger partial charge in [0.05, 0.1) is 12.7 Å². The maximum Gasteiger partial charge on any atom is 0.0578 e. The lowest BCUT2D eigenvalue weighted by atomic mass is 9.82. The molecule has 1 fully saturated rings. The van der Waals surface area contributed by atoms with Gasteiger partial charge in [-0.1, -0.05) is 47.0 Å². The Morgan fingerprint density at radius 1 is 1.29 bits per heavy atom. The zero-order valence-corrected chi connectivity index (χ0v) is 12.9. The van der Waals surface area contributed by atoms with Gasteiger partial charge in [-0.15, -0.1) is 0 Å². The second-order valence-corrected chi connectivity index (χ2v) is 7.01. The third-order valence-electron chi connectivity index (χ3n) is 4.29. The van der Waals surface area contributed by atoms with E-state index in [2.05, 4.69) is 40.3 Å². The van der Waals surface area contributed by atoms with Gasteiger partial charge in [0, 0.05) is 0 Å². The minimum Gasteiger partial charge on any atom is -0.378 e. The second-order valence-electron chi connectivity index (χ2n) is 6.64. The van der Waals surface area contributed by atoms with Crippen LogP contribution in [0.3, 0.4) is 0 Å². The van der Waals surface area contributed by atoms with E-state index in [0.29, 0.717) is 17.4 Å². The van der Waals surface area contributed by atoms with E-state index in [-0.39, 0.29) is 0 Å². The molecule has 3 atom stereocenters. The minimum atomic E-state index is 0.306. The van der Waals surface area contributed by atoms with Gasteiger partial charge in [0.1, 0.15) is 0 Å². The molecular formula is C15H30OS. The molecule has 3 unspecified atom stereocenters. The van der Waals surface area contributed by atoms with Crippen LogP contribution in [0.2, 0.25) is 0 Å². The van der Waals surface area contributed by atoms with Gasteiger partial charge in [0.25, 0.3) is 0 Å². The molecule has 0 saturated heterocycles. The zero-order valence-electron chi connectivity index (χ0n) is 12.0. The first-order chi connectivity index (χ1) is 7.97. The Bertz CT molecular complexity index is 209. The van der Waals surface area contributed by atoms with Gasteiger partial charge >= 0.3 is 0 Å². The highest BCUT2D eigenvalue weighted by atomic mass is 32.1. The van der Waals surface area contributed by atoms with Crippen LogP contribution in [0, 0.1) is 17.3 Å². The van der Waals surface area contributed by atoms with Crippen molar-refractivity contribution in [3.63, 3.8) is 0 Å². The summed E-state index contributed by atoms with van der Waals surface area (Å²) >= 11 is 4.46. The molecule has 17 heavy (non-hydrogen) atoms. The van der Waals surface area contributed by atoms with Crippen LogP contribution in [0.4, 0.5) is 0 Å². The molecule has 102 valence electrons. The number of thiol groups is 1. The highest BCUT2D eigenvalue weighted by Gasteiger charge is 2.26. The summed E-state index contributed by atoms with van der Waals surface area (Å²) in [6.07, 6.45) is 7.13. The molecule has 0 bridgehead atoms. The van der Waals surface area contributed by atoms with Crippen molar-refractivity contribution in [3.8, 4) is 0 Å². The summed E-state index contributed by atoms with van der Waals surface area (Å²) < 4.78 is 6.15. The summed E-state index contributed by atoms with van der Waals surface area (Å²) in [4.78, 5) is 0. The van der Waals surface area contributed by atoms with Crippen molar-refractivity contribution in [1.82, 2.24) is 0 Å². The molecule has 0 amide bonds. The standard InChI is InChI=1S/C15H30OS/c1-5-12-7-6-8-14(9-12)16-10-13(11-17)15(2,3)4/h12-14,17H,5-11H2,1-4H3. The van der Waals surface area contributed by atoms with Crippen LogP contribution >= 0.6 is 12.6 Å². The lowest BCUT2D eigenvalue weighted by molar-refractivity contribution is -0.0197. The largest absolute Gasteiger partial charge is 0.378 e. The van der Waals surface area contributed by atoms with Gasteiger partial charge in [-0.2, -0.15) is 12.6 Å². The zero-order chi connectivity index (χ0) is 12.9. The topological polar surface area (TPSA) is 9.23 Å². The molecule has 1 aliphatic rings. The molecule has 0 aliphatic heterocycles. The smallest absolute Gasteiger partial charge is 0.0578 e. The lowest BCUT2D eigenvalue weighted by Gasteiger charge is -2.33. The molecule has 0 radical (unpaired) electrons. The molecule has 0 aromatic heterocycles. The predicted octanol–water partition coefficient (Wildman–Crippen LogP) is 4.56. The summed E-state index contributed by atoms with van der Waals surface area (Å²) in [6.45, 7) is 10.0. The van der Waals surface area contributed by atoms with Crippen LogP contribution in [0.5, 0.6) is 0 Å². The summed E-state index contributed by atoms with van der Waals surface area (Å²) in [5.74, 6) is 2.39. The number of rotatable bonds is 5.